The van der Waals surface area contributed by atoms with Crippen LogP contribution in [0.2, 0.25) is 0 Å². The lowest BCUT2D eigenvalue weighted by molar-refractivity contribution is 0.257. The number of carbonyl (C=O) groups is 1. The van der Waals surface area contributed by atoms with Crippen LogP contribution in [-0.4, -0.2) is 30.6 Å². The second-order valence-electron chi connectivity index (χ2n) is 7.43. The molecule has 0 radical (unpaired) electrons. The summed E-state index contributed by atoms with van der Waals surface area (Å²) < 4.78 is 2.91. The average molecular weight is 358 g/mol. The van der Waals surface area contributed by atoms with Crippen molar-refractivity contribution in [2.24, 2.45) is 0 Å². The van der Waals surface area contributed by atoms with Gasteiger partial charge in [-0.05, 0) is 105 Å². The highest BCUT2D eigenvalue weighted by molar-refractivity contribution is 8.00. The van der Waals surface area contributed by atoms with Crippen LogP contribution in [0, 0.1) is 0 Å². The van der Waals surface area contributed by atoms with E-state index >= 15 is 0 Å². The Bertz CT molecular complexity index is 668. The van der Waals surface area contributed by atoms with Gasteiger partial charge in [0.1, 0.15) is 0 Å². The van der Waals surface area contributed by atoms with Gasteiger partial charge < -0.3 is 5.32 Å². The van der Waals surface area contributed by atoms with Crippen LogP contribution in [0.15, 0.2) is 17.6 Å². The van der Waals surface area contributed by atoms with Crippen molar-refractivity contribution in [2.45, 2.75) is 57.4 Å². The van der Waals surface area contributed by atoms with E-state index in [1.807, 2.05) is 5.41 Å². The van der Waals surface area contributed by atoms with Crippen molar-refractivity contribution in [1.82, 2.24) is 9.62 Å². The minimum Gasteiger partial charge on any atom is -0.307 e. The van der Waals surface area contributed by atoms with Gasteiger partial charge in [-0.25, -0.2) is 4.79 Å². The van der Waals surface area contributed by atoms with Crippen molar-refractivity contribution in [3.63, 3.8) is 0 Å². The largest absolute Gasteiger partial charge is 0.329 e. The number of fused-ring (bicyclic) bond motifs is 2. The fraction of sp³-hybridized carbons (Fsp3) is 0.550. The number of carbonyl (C=O) groups excluding carboxylic acids is 1. The number of likely N-dealkylation sites (tertiary alicyclic amines) is 1. The van der Waals surface area contributed by atoms with E-state index in [0.29, 0.717) is 6.04 Å². The number of anilines is 1. The number of hydrogen-bond acceptors (Lipinski definition) is 3. The predicted molar refractivity (Wildman–Crippen MR) is 105 cm³/mol. The van der Waals surface area contributed by atoms with Crippen LogP contribution < -0.4 is 10.0 Å². The molecule has 134 valence electrons. The standard InChI is InChI=1S/C20H27N3OS/c1-23-11-4-7-16(23)10-12-25-22-20(24)21-19-17-8-2-5-14(17)13-15-6-3-9-18(15)19/h10,12-13,16H,2-9,11H2,1H3,(H2,21,22,24)/b12-10+. The Morgan fingerprint density at radius 2 is 1.88 bits per heavy atom. The number of urea groups is 1. The van der Waals surface area contributed by atoms with E-state index in [9.17, 15) is 4.79 Å². The number of rotatable bonds is 4. The minimum absolute atomic E-state index is 0.108. The molecule has 0 spiro atoms. The maximum atomic E-state index is 12.4. The van der Waals surface area contributed by atoms with Crippen LogP contribution in [0.5, 0.6) is 0 Å². The van der Waals surface area contributed by atoms with Crippen molar-refractivity contribution >= 4 is 23.7 Å². The van der Waals surface area contributed by atoms with Crippen molar-refractivity contribution in [2.75, 3.05) is 18.9 Å². The molecule has 0 aromatic heterocycles. The maximum absolute atomic E-state index is 12.4. The SMILES string of the molecule is CN1CCCC1/C=C/SNC(=O)Nc1c2c(cc3c1CCC3)CCC2. The minimum atomic E-state index is -0.108. The molecule has 5 heteroatoms. The van der Waals surface area contributed by atoms with Gasteiger partial charge in [0.25, 0.3) is 0 Å². The molecule has 2 aliphatic carbocycles. The van der Waals surface area contributed by atoms with E-state index in [1.165, 1.54) is 59.9 Å². The lowest BCUT2D eigenvalue weighted by atomic mass is 9.99. The van der Waals surface area contributed by atoms with Crippen LogP contribution in [0.4, 0.5) is 10.5 Å². The molecule has 0 bridgehead atoms. The second-order valence-corrected chi connectivity index (χ2v) is 8.14. The lowest BCUT2D eigenvalue weighted by Gasteiger charge is -2.16. The van der Waals surface area contributed by atoms with Crippen LogP contribution in [0.1, 0.15) is 47.9 Å². The first-order valence-electron chi connectivity index (χ1n) is 9.48. The third-order valence-corrected chi connectivity index (χ3v) is 6.41. The number of likely N-dealkylation sites (N-methyl/N-ethyl adjacent to an activating group) is 1. The summed E-state index contributed by atoms with van der Waals surface area (Å²) in [4.78, 5) is 14.7. The number of nitrogens with zero attached hydrogens (tertiary/aromatic N) is 1. The van der Waals surface area contributed by atoms with Gasteiger partial charge in [-0.1, -0.05) is 12.1 Å². The molecule has 4 nitrogen and oxygen atoms in total. The molecule has 3 aliphatic rings. The van der Waals surface area contributed by atoms with Gasteiger partial charge in [-0.15, -0.1) is 0 Å². The summed E-state index contributed by atoms with van der Waals surface area (Å²) in [5, 5.41) is 5.17. The first-order valence-corrected chi connectivity index (χ1v) is 10.4. The van der Waals surface area contributed by atoms with Gasteiger partial charge in [-0.3, -0.25) is 9.62 Å². The number of aryl methyl sites for hydroxylation is 2. The molecule has 2 N–H and O–H groups in total. The van der Waals surface area contributed by atoms with E-state index < -0.39 is 0 Å². The molecule has 1 aliphatic heterocycles. The Balaban J connectivity index is 1.38. The van der Waals surface area contributed by atoms with Crippen molar-refractivity contribution in [3.8, 4) is 0 Å². The van der Waals surface area contributed by atoms with Crippen LogP contribution >= 0.6 is 11.9 Å². The van der Waals surface area contributed by atoms with Crippen LogP contribution in [0.25, 0.3) is 0 Å². The molecule has 1 atom stereocenters. The van der Waals surface area contributed by atoms with Crippen LogP contribution in [-0.2, 0) is 25.7 Å². The predicted octanol–water partition coefficient (Wildman–Crippen LogP) is 4.04. The first kappa shape index (κ1) is 17.0. The molecule has 1 heterocycles. The zero-order valence-electron chi connectivity index (χ0n) is 14.9. The van der Waals surface area contributed by atoms with E-state index in [4.69, 9.17) is 0 Å². The third-order valence-electron chi connectivity index (χ3n) is 5.81. The van der Waals surface area contributed by atoms with Gasteiger partial charge in [-0.2, -0.15) is 0 Å². The quantitative estimate of drug-likeness (QED) is 0.799. The Morgan fingerprint density at radius 3 is 2.52 bits per heavy atom. The van der Waals surface area contributed by atoms with Crippen molar-refractivity contribution in [1.29, 1.82) is 0 Å². The average Bonchev–Trinajstić information content (AvgIpc) is 3.32. The van der Waals surface area contributed by atoms with Gasteiger partial charge in [0.05, 0.1) is 0 Å². The Morgan fingerprint density at radius 1 is 1.16 bits per heavy atom. The highest BCUT2D eigenvalue weighted by Gasteiger charge is 2.25. The topological polar surface area (TPSA) is 44.4 Å². The second kappa shape index (κ2) is 7.42. The molecule has 1 unspecified atom stereocenters. The maximum Gasteiger partial charge on any atom is 0.329 e. The van der Waals surface area contributed by atoms with Gasteiger partial charge >= 0.3 is 6.03 Å². The fourth-order valence-corrected chi connectivity index (χ4v) is 4.99. The Kier molecular flexibility index (Phi) is 5.04. The number of amides is 2. The summed E-state index contributed by atoms with van der Waals surface area (Å²) in [5.41, 5.74) is 6.77. The highest BCUT2D eigenvalue weighted by atomic mass is 32.2. The van der Waals surface area contributed by atoms with E-state index in [0.717, 1.165) is 37.9 Å². The lowest BCUT2D eigenvalue weighted by Crippen LogP contribution is -2.24. The van der Waals surface area contributed by atoms with Crippen LogP contribution in [0.3, 0.4) is 0 Å². The fourth-order valence-electron chi connectivity index (χ4n) is 4.50. The van der Waals surface area contributed by atoms with Gasteiger partial charge in [0.2, 0.25) is 0 Å². The molecule has 1 fully saturated rings. The molecule has 4 rings (SSSR count). The summed E-state index contributed by atoms with van der Waals surface area (Å²) >= 11 is 1.37. The molecule has 1 saturated heterocycles. The Labute approximate surface area is 154 Å². The van der Waals surface area contributed by atoms with Gasteiger partial charge in [0.15, 0.2) is 0 Å². The summed E-state index contributed by atoms with van der Waals surface area (Å²) in [6.07, 6.45) is 11.6. The molecular weight excluding hydrogens is 330 g/mol. The first-order chi connectivity index (χ1) is 12.2. The monoisotopic (exact) mass is 357 g/mol. The summed E-state index contributed by atoms with van der Waals surface area (Å²) in [6, 6.07) is 2.80. The molecular formula is C20H27N3OS. The van der Waals surface area contributed by atoms with Crippen molar-refractivity contribution in [3.05, 3.63) is 39.8 Å². The number of nitrogens with one attached hydrogen (secondary N) is 2. The summed E-state index contributed by atoms with van der Waals surface area (Å²) in [5.74, 6) is 0. The molecule has 0 saturated carbocycles. The number of hydrogen-bond donors (Lipinski definition) is 2. The highest BCUT2D eigenvalue weighted by Crippen LogP contribution is 2.38. The molecule has 1 aromatic carbocycles. The normalized spacial score (nSPS) is 22.4. The zero-order valence-corrected chi connectivity index (χ0v) is 15.8. The van der Waals surface area contributed by atoms with E-state index in [1.54, 1.807) is 0 Å². The van der Waals surface area contributed by atoms with Crippen molar-refractivity contribution < 1.29 is 4.79 Å². The van der Waals surface area contributed by atoms with Gasteiger partial charge in [0, 0.05) is 11.7 Å². The molecule has 2 amide bonds. The summed E-state index contributed by atoms with van der Waals surface area (Å²) in [6.45, 7) is 1.16. The Hall–Kier alpha value is -1.46. The third kappa shape index (κ3) is 3.58. The number of benzene rings is 1. The zero-order chi connectivity index (χ0) is 17.2. The van der Waals surface area contributed by atoms with E-state index in [-0.39, 0.29) is 6.03 Å². The summed E-state index contributed by atoms with van der Waals surface area (Å²) in [7, 11) is 2.16. The van der Waals surface area contributed by atoms with E-state index in [2.05, 4.69) is 34.1 Å². The molecule has 1 aromatic rings. The smallest absolute Gasteiger partial charge is 0.307 e. The molecule has 25 heavy (non-hydrogen) atoms.